The number of nitrogens with one attached hydrogen (secondary N) is 3. The van der Waals surface area contributed by atoms with Gasteiger partial charge in [-0.25, -0.2) is 22.8 Å². The maximum atomic E-state index is 15.8. The summed E-state index contributed by atoms with van der Waals surface area (Å²) in [6.45, 7) is 0. The molecule has 15 heteroatoms. The van der Waals surface area contributed by atoms with Gasteiger partial charge in [0.25, 0.3) is 15.6 Å². The van der Waals surface area contributed by atoms with Gasteiger partial charge in [-0.3, -0.25) is 18.9 Å². The molecule has 5 rings (SSSR count). The first-order valence-corrected chi connectivity index (χ1v) is 15.2. The largest absolute Gasteiger partial charge is 0.480 e. The van der Waals surface area contributed by atoms with Crippen molar-refractivity contribution in [3.05, 3.63) is 63.9 Å². The monoisotopic (exact) mass is 629 g/mol. The SMILES string of the molecule is CNC(=O)[C@H]1CCC[C@@H](Nc2ncc3cc(-c4cccc(NS(=O)(=O)c5cc(Cl)cnc5OC)c4F)c(=O)n(C)c3n2)C1. The fraction of sp³-hybridized carbons (Fsp3) is 0.321. The van der Waals surface area contributed by atoms with Gasteiger partial charge in [-0.05, 0) is 37.5 Å². The van der Waals surface area contributed by atoms with E-state index in [1.165, 1.54) is 55.4 Å². The predicted molar refractivity (Wildman–Crippen MR) is 160 cm³/mol. The van der Waals surface area contributed by atoms with E-state index in [0.717, 1.165) is 25.3 Å². The number of methoxy groups -OCH3 is 1. The van der Waals surface area contributed by atoms with Crippen molar-refractivity contribution in [2.24, 2.45) is 13.0 Å². The number of aryl methyl sites for hydroxylation is 1. The van der Waals surface area contributed by atoms with Crippen LogP contribution in [0.25, 0.3) is 22.2 Å². The van der Waals surface area contributed by atoms with Crippen molar-refractivity contribution in [1.29, 1.82) is 0 Å². The van der Waals surface area contributed by atoms with Crippen LogP contribution in [-0.4, -0.2) is 54.0 Å². The highest BCUT2D eigenvalue weighted by atomic mass is 35.5. The Bertz CT molecular complexity index is 1890. The number of sulfonamides is 1. The van der Waals surface area contributed by atoms with E-state index in [1.54, 1.807) is 7.05 Å². The average molecular weight is 630 g/mol. The molecule has 1 aliphatic carbocycles. The lowest BCUT2D eigenvalue weighted by Gasteiger charge is -2.28. The molecule has 0 saturated heterocycles. The summed E-state index contributed by atoms with van der Waals surface area (Å²) in [7, 11) is 0.00136. The van der Waals surface area contributed by atoms with Crippen LogP contribution in [0.4, 0.5) is 16.0 Å². The molecule has 1 fully saturated rings. The number of pyridine rings is 2. The summed E-state index contributed by atoms with van der Waals surface area (Å²) < 4.78 is 50.5. The highest BCUT2D eigenvalue weighted by Crippen LogP contribution is 2.32. The molecular weight excluding hydrogens is 601 g/mol. The van der Waals surface area contributed by atoms with Crippen LogP contribution in [0.3, 0.4) is 0 Å². The second-order valence-corrected chi connectivity index (χ2v) is 12.2. The normalized spacial score (nSPS) is 17.0. The maximum absolute atomic E-state index is 15.8. The number of benzene rings is 1. The standard InChI is InChI=1S/C28H29ClFN7O5S/c1-31-25(38)15-6-4-7-18(10-15)34-28-33-13-16-11-20(27(39)37(2)24(16)35-28)19-8-5-9-21(23(19)30)36-43(40,41)22-12-17(29)14-32-26(22)42-3/h5,8-9,11-15,18,36H,4,6-7,10H2,1-3H3,(H,31,38)(H,33,34,35)/t15-,18+/m0/s1. The molecule has 12 nitrogen and oxygen atoms in total. The molecule has 0 radical (unpaired) electrons. The number of carbonyl (C=O) groups excluding carboxylic acids is 1. The van der Waals surface area contributed by atoms with Crippen LogP contribution in [-0.2, 0) is 21.9 Å². The van der Waals surface area contributed by atoms with E-state index < -0.39 is 21.4 Å². The first-order chi connectivity index (χ1) is 20.5. The molecule has 3 aromatic heterocycles. The molecule has 1 aromatic carbocycles. The third-order valence-electron chi connectivity index (χ3n) is 7.37. The van der Waals surface area contributed by atoms with Crippen LogP contribution in [0.2, 0.25) is 5.02 Å². The predicted octanol–water partition coefficient (Wildman–Crippen LogP) is 3.71. The molecule has 0 spiro atoms. The van der Waals surface area contributed by atoms with Crippen LogP contribution in [0.15, 0.2) is 52.4 Å². The van der Waals surface area contributed by atoms with E-state index in [9.17, 15) is 18.0 Å². The topological polar surface area (TPSA) is 157 Å². The summed E-state index contributed by atoms with van der Waals surface area (Å²) in [5, 5.41) is 6.48. The Morgan fingerprint density at radius 2 is 1.95 bits per heavy atom. The number of hydrogen-bond acceptors (Lipinski definition) is 9. The Balaban J connectivity index is 1.46. The maximum Gasteiger partial charge on any atom is 0.267 e. The zero-order chi connectivity index (χ0) is 30.9. The van der Waals surface area contributed by atoms with Gasteiger partial charge in [0.2, 0.25) is 17.7 Å². The first kappa shape index (κ1) is 30.2. The summed E-state index contributed by atoms with van der Waals surface area (Å²) in [5.74, 6) is -0.959. The van der Waals surface area contributed by atoms with Gasteiger partial charge in [0.15, 0.2) is 10.7 Å². The molecule has 2 atom stereocenters. The van der Waals surface area contributed by atoms with Crippen molar-refractivity contribution < 1.29 is 22.3 Å². The van der Waals surface area contributed by atoms with Gasteiger partial charge in [-0.2, -0.15) is 4.98 Å². The Labute approximate surface area is 251 Å². The lowest BCUT2D eigenvalue weighted by molar-refractivity contribution is -0.125. The van der Waals surface area contributed by atoms with Crippen molar-refractivity contribution in [3.8, 4) is 17.0 Å². The van der Waals surface area contributed by atoms with Crippen molar-refractivity contribution >= 4 is 50.2 Å². The van der Waals surface area contributed by atoms with E-state index in [2.05, 4.69) is 30.3 Å². The minimum Gasteiger partial charge on any atom is -0.480 e. The van der Waals surface area contributed by atoms with E-state index >= 15 is 4.39 Å². The number of aromatic nitrogens is 4. The number of nitrogens with zero attached hydrogens (tertiary/aromatic N) is 4. The van der Waals surface area contributed by atoms with Crippen LogP contribution >= 0.6 is 11.6 Å². The summed E-state index contributed by atoms with van der Waals surface area (Å²) in [5.41, 5.74) is -0.749. The van der Waals surface area contributed by atoms with E-state index in [4.69, 9.17) is 16.3 Å². The van der Waals surface area contributed by atoms with Crippen LogP contribution < -0.4 is 25.7 Å². The second kappa shape index (κ2) is 12.1. The number of amides is 1. The van der Waals surface area contributed by atoms with Crippen LogP contribution in [0, 0.1) is 11.7 Å². The lowest BCUT2D eigenvalue weighted by Crippen LogP contribution is -2.36. The van der Waals surface area contributed by atoms with E-state index in [0.29, 0.717) is 23.4 Å². The number of hydrogen-bond donors (Lipinski definition) is 3. The fourth-order valence-electron chi connectivity index (χ4n) is 5.23. The van der Waals surface area contributed by atoms with Crippen LogP contribution in [0.5, 0.6) is 5.88 Å². The summed E-state index contributed by atoms with van der Waals surface area (Å²) in [6.07, 6.45) is 5.94. The van der Waals surface area contributed by atoms with Gasteiger partial charge in [-0.15, -0.1) is 0 Å². The van der Waals surface area contributed by atoms with Crippen molar-refractivity contribution in [2.45, 2.75) is 36.6 Å². The van der Waals surface area contributed by atoms with Gasteiger partial charge in [0.05, 0.1) is 23.4 Å². The third kappa shape index (κ3) is 6.11. The fourth-order valence-corrected chi connectivity index (χ4v) is 6.66. The van der Waals surface area contributed by atoms with Crippen LogP contribution in [0.1, 0.15) is 25.7 Å². The molecule has 1 saturated carbocycles. The van der Waals surface area contributed by atoms with Gasteiger partial charge in [0, 0.05) is 49.4 Å². The molecule has 0 bridgehead atoms. The quantitative estimate of drug-likeness (QED) is 0.264. The first-order valence-electron chi connectivity index (χ1n) is 13.4. The number of carbonyl (C=O) groups is 1. The minimum absolute atomic E-state index is 0.00570. The molecule has 1 amide bonds. The number of ether oxygens (including phenoxy) is 1. The molecule has 4 aromatic rings. The smallest absolute Gasteiger partial charge is 0.267 e. The second-order valence-electron chi connectivity index (χ2n) is 10.1. The van der Waals surface area contributed by atoms with Gasteiger partial charge in [-0.1, -0.05) is 30.2 Å². The minimum atomic E-state index is -4.37. The zero-order valence-electron chi connectivity index (χ0n) is 23.5. The highest BCUT2D eigenvalue weighted by molar-refractivity contribution is 7.92. The molecule has 43 heavy (non-hydrogen) atoms. The number of halogens is 2. The Hall–Kier alpha value is -4.30. The summed E-state index contributed by atoms with van der Waals surface area (Å²) in [4.78, 5) is 37.9. The van der Waals surface area contributed by atoms with Crippen molar-refractivity contribution in [3.63, 3.8) is 0 Å². The molecule has 3 heterocycles. The third-order valence-corrected chi connectivity index (χ3v) is 8.94. The average Bonchev–Trinajstić information content (AvgIpc) is 3.00. The number of rotatable bonds is 8. The Kier molecular flexibility index (Phi) is 8.51. The highest BCUT2D eigenvalue weighted by Gasteiger charge is 2.28. The molecular formula is C28H29ClFN7O5S. The van der Waals surface area contributed by atoms with Gasteiger partial charge >= 0.3 is 0 Å². The summed E-state index contributed by atoms with van der Waals surface area (Å²) >= 11 is 5.93. The number of anilines is 2. The van der Waals surface area contributed by atoms with Crippen molar-refractivity contribution in [1.82, 2.24) is 24.8 Å². The molecule has 1 aliphatic rings. The Morgan fingerprint density at radius 3 is 2.70 bits per heavy atom. The Morgan fingerprint density at radius 1 is 1.16 bits per heavy atom. The van der Waals surface area contributed by atoms with E-state index in [1.807, 2.05) is 0 Å². The van der Waals surface area contributed by atoms with Gasteiger partial charge in [0.1, 0.15) is 5.65 Å². The zero-order valence-corrected chi connectivity index (χ0v) is 25.1. The number of fused-ring (bicyclic) bond motifs is 1. The molecule has 226 valence electrons. The summed E-state index contributed by atoms with van der Waals surface area (Å²) in [6, 6.07) is 6.62. The molecule has 3 N–H and O–H groups in total. The van der Waals surface area contributed by atoms with E-state index in [-0.39, 0.29) is 50.5 Å². The lowest BCUT2D eigenvalue weighted by atomic mass is 9.85. The molecule has 0 unspecified atom stereocenters. The van der Waals surface area contributed by atoms with Gasteiger partial charge < -0.3 is 15.4 Å². The van der Waals surface area contributed by atoms with Crippen molar-refractivity contribution in [2.75, 3.05) is 24.2 Å². The molecule has 0 aliphatic heterocycles.